The number of anilines is 2. The minimum absolute atomic E-state index is 0.0175. The number of benzene rings is 2. The van der Waals surface area contributed by atoms with E-state index in [4.69, 9.17) is 0 Å². The van der Waals surface area contributed by atoms with E-state index >= 15 is 0 Å². The summed E-state index contributed by atoms with van der Waals surface area (Å²) in [5.41, 5.74) is 6.45. The van der Waals surface area contributed by atoms with Crippen LogP contribution in [0.2, 0.25) is 0 Å². The first kappa shape index (κ1) is 19.3. The minimum Gasteiger partial charge on any atom is -0.326 e. The molecule has 1 aliphatic rings. The van der Waals surface area contributed by atoms with Crippen molar-refractivity contribution in [1.29, 1.82) is 0 Å². The van der Waals surface area contributed by atoms with Gasteiger partial charge < -0.3 is 10.2 Å². The molecule has 2 heterocycles. The molecule has 6 nitrogen and oxygen atoms in total. The molecule has 0 bridgehead atoms. The Morgan fingerprint density at radius 1 is 1.14 bits per heavy atom. The van der Waals surface area contributed by atoms with E-state index in [1.165, 1.54) is 11.5 Å². The average Bonchev–Trinajstić information content (AvgIpc) is 3.34. The maximum absolute atomic E-state index is 12.9. The summed E-state index contributed by atoms with van der Waals surface area (Å²) in [6.07, 6.45) is 0.216. The highest BCUT2D eigenvalue weighted by molar-refractivity contribution is 7.03. The SMILES string of the molecule is Cc1ccc(N2C[C@H](C(=O)Nc3cc(-c4csnn4)ccc3C)CC2=O)c(C)c1. The topological polar surface area (TPSA) is 75.2 Å². The van der Waals surface area contributed by atoms with Crippen LogP contribution in [-0.4, -0.2) is 27.9 Å². The van der Waals surface area contributed by atoms with Gasteiger partial charge in [0, 0.05) is 35.3 Å². The number of rotatable bonds is 4. The first-order valence-corrected chi connectivity index (χ1v) is 10.3. The van der Waals surface area contributed by atoms with E-state index in [0.29, 0.717) is 6.54 Å². The molecular formula is C22H22N4O2S. The Hall–Kier alpha value is -3.06. The Morgan fingerprint density at radius 2 is 1.97 bits per heavy atom. The predicted molar refractivity (Wildman–Crippen MR) is 115 cm³/mol. The average molecular weight is 407 g/mol. The fraction of sp³-hybridized carbons (Fsp3) is 0.273. The van der Waals surface area contributed by atoms with Gasteiger partial charge in [-0.1, -0.05) is 34.3 Å². The number of carbonyl (C=O) groups excluding carboxylic acids is 2. The number of nitrogens with zero attached hydrogens (tertiary/aromatic N) is 3. The molecule has 1 aromatic heterocycles. The third-order valence-corrected chi connectivity index (χ3v) is 5.79. The summed E-state index contributed by atoms with van der Waals surface area (Å²) in [5, 5.41) is 8.96. The van der Waals surface area contributed by atoms with E-state index in [9.17, 15) is 9.59 Å². The van der Waals surface area contributed by atoms with Crippen LogP contribution < -0.4 is 10.2 Å². The van der Waals surface area contributed by atoms with Crippen molar-refractivity contribution in [2.75, 3.05) is 16.8 Å². The summed E-state index contributed by atoms with van der Waals surface area (Å²) < 4.78 is 3.89. The quantitative estimate of drug-likeness (QED) is 0.707. The molecule has 0 radical (unpaired) electrons. The van der Waals surface area contributed by atoms with Gasteiger partial charge in [0.25, 0.3) is 0 Å². The molecule has 2 aromatic carbocycles. The van der Waals surface area contributed by atoms with Gasteiger partial charge in [-0.3, -0.25) is 9.59 Å². The minimum atomic E-state index is -0.382. The molecule has 1 aliphatic heterocycles. The molecule has 4 rings (SSSR count). The van der Waals surface area contributed by atoms with E-state index in [2.05, 4.69) is 21.0 Å². The Labute approximate surface area is 173 Å². The van der Waals surface area contributed by atoms with Gasteiger partial charge >= 0.3 is 0 Å². The molecule has 2 amide bonds. The first-order valence-electron chi connectivity index (χ1n) is 9.49. The second-order valence-electron chi connectivity index (χ2n) is 7.50. The van der Waals surface area contributed by atoms with E-state index < -0.39 is 0 Å². The highest BCUT2D eigenvalue weighted by Gasteiger charge is 2.35. The molecule has 29 heavy (non-hydrogen) atoms. The van der Waals surface area contributed by atoms with Gasteiger partial charge in [-0.2, -0.15) is 0 Å². The van der Waals surface area contributed by atoms with Crippen molar-refractivity contribution in [2.24, 2.45) is 5.92 Å². The molecule has 3 aromatic rings. The van der Waals surface area contributed by atoms with Crippen molar-refractivity contribution in [3.05, 3.63) is 58.5 Å². The lowest BCUT2D eigenvalue weighted by molar-refractivity contribution is -0.122. The fourth-order valence-electron chi connectivity index (χ4n) is 3.67. The van der Waals surface area contributed by atoms with Crippen LogP contribution in [0.25, 0.3) is 11.3 Å². The summed E-state index contributed by atoms with van der Waals surface area (Å²) in [6.45, 7) is 6.35. The van der Waals surface area contributed by atoms with Crippen molar-refractivity contribution in [2.45, 2.75) is 27.2 Å². The standard InChI is InChI=1S/C22H22N4O2S/c1-13-4-7-20(15(3)8-13)26-11-17(10-21(26)27)22(28)23-18-9-16(6-5-14(18)2)19-12-29-25-24-19/h4-9,12,17H,10-11H2,1-3H3,(H,23,28)/t17-/m1/s1. The summed E-state index contributed by atoms with van der Waals surface area (Å²) >= 11 is 1.29. The second-order valence-corrected chi connectivity index (χ2v) is 8.11. The van der Waals surface area contributed by atoms with Gasteiger partial charge in [0.15, 0.2) is 0 Å². The Balaban J connectivity index is 1.51. The number of amides is 2. The van der Waals surface area contributed by atoms with Crippen molar-refractivity contribution in [3.63, 3.8) is 0 Å². The van der Waals surface area contributed by atoms with Crippen molar-refractivity contribution in [1.82, 2.24) is 9.59 Å². The van der Waals surface area contributed by atoms with Crippen LogP contribution in [0, 0.1) is 26.7 Å². The zero-order valence-corrected chi connectivity index (χ0v) is 17.4. The number of aryl methyl sites for hydroxylation is 3. The maximum Gasteiger partial charge on any atom is 0.229 e. The van der Waals surface area contributed by atoms with Gasteiger partial charge in [0.1, 0.15) is 5.69 Å². The molecule has 1 N–H and O–H groups in total. The molecular weight excluding hydrogens is 384 g/mol. The Morgan fingerprint density at radius 3 is 2.69 bits per heavy atom. The highest BCUT2D eigenvalue weighted by Crippen LogP contribution is 2.30. The maximum atomic E-state index is 12.9. The Bertz CT molecular complexity index is 1080. The van der Waals surface area contributed by atoms with Crippen LogP contribution in [-0.2, 0) is 9.59 Å². The summed E-state index contributed by atoms with van der Waals surface area (Å²) in [6, 6.07) is 11.8. The molecule has 0 unspecified atom stereocenters. The molecule has 7 heteroatoms. The number of hydrogen-bond acceptors (Lipinski definition) is 5. The lowest BCUT2D eigenvalue weighted by Gasteiger charge is -2.19. The van der Waals surface area contributed by atoms with Gasteiger partial charge in [0.05, 0.1) is 5.92 Å². The molecule has 148 valence electrons. The molecule has 1 saturated heterocycles. The van der Waals surface area contributed by atoms with Crippen LogP contribution in [0.4, 0.5) is 11.4 Å². The zero-order chi connectivity index (χ0) is 20.5. The van der Waals surface area contributed by atoms with Crippen molar-refractivity contribution >= 4 is 34.7 Å². The third kappa shape index (κ3) is 3.91. The summed E-state index contributed by atoms with van der Waals surface area (Å²) in [5.74, 6) is -0.536. The van der Waals surface area contributed by atoms with Gasteiger partial charge in [-0.05, 0) is 55.6 Å². The number of hydrogen-bond donors (Lipinski definition) is 1. The van der Waals surface area contributed by atoms with Crippen molar-refractivity contribution in [3.8, 4) is 11.3 Å². The molecule has 0 saturated carbocycles. The lowest BCUT2D eigenvalue weighted by Crippen LogP contribution is -2.28. The van der Waals surface area contributed by atoms with Gasteiger partial charge in [-0.25, -0.2) is 0 Å². The lowest BCUT2D eigenvalue weighted by atomic mass is 10.1. The van der Waals surface area contributed by atoms with Crippen molar-refractivity contribution < 1.29 is 9.59 Å². The summed E-state index contributed by atoms with van der Waals surface area (Å²) in [7, 11) is 0. The van der Waals surface area contributed by atoms with E-state index in [1.54, 1.807) is 4.90 Å². The normalized spacial score (nSPS) is 16.3. The molecule has 0 aliphatic carbocycles. The van der Waals surface area contributed by atoms with Gasteiger partial charge in [0.2, 0.25) is 11.8 Å². The first-order chi connectivity index (χ1) is 13.9. The fourth-order valence-corrected chi connectivity index (χ4v) is 4.13. The van der Waals surface area contributed by atoms with E-state index in [-0.39, 0.29) is 24.2 Å². The molecule has 0 spiro atoms. The molecule has 1 atom stereocenters. The largest absolute Gasteiger partial charge is 0.326 e. The van der Waals surface area contributed by atoms with Crippen LogP contribution in [0.15, 0.2) is 41.8 Å². The second kappa shape index (κ2) is 7.75. The van der Waals surface area contributed by atoms with E-state index in [0.717, 1.165) is 39.3 Å². The molecule has 1 fully saturated rings. The Kier molecular flexibility index (Phi) is 5.15. The van der Waals surface area contributed by atoms with Crippen LogP contribution in [0.3, 0.4) is 0 Å². The van der Waals surface area contributed by atoms with Gasteiger partial charge in [-0.15, -0.1) is 5.10 Å². The number of nitrogens with one attached hydrogen (secondary N) is 1. The number of aromatic nitrogens is 2. The summed E-state index contributed by atoms with van der Waals surface area (Å²) in [4.78, 5) is 27.2. The highest BCUT2D eigenvalue weighted by atomic mass is 32.1. The van der Waals surface area contributed by atoms with Crippen LogP contribution in [0.5, 0.6) is 0 Å². The van der Waals surface area contributed by atoms with Crippen LogP contribution in [0.1, 0.15) is 23.1 Å². The predicted octanol–water partition coefficient (Wildman–Crippen LogP) is 4.12. The zero-order valence-electron chi connectivity index (χ0n) is 16.6. The monoisotopic (exact) mass is 406 g/mol. The van der Waals surface area contributed by atoms with E-state index in [1.807, 2.05) is 56.5 Å². The third-order valence-electron chi connectivity index (χ3n) is 5.29. The number of carbonyl (C=O) groups is 2. The van der Waals surface area contributed by atoms with Crippen LogP contribution >= 0.6 is 11.5 Å². The smallest absolute Gasteiger partial charge is 0.229 e.